The Morgan fingerprint density at radius 2 is 1.58 bits per heavy atom. The van der Waals surface area contributed by atoms with Crippen molar-refractivity contribution in [2.75, 3.05) is 0 Å². The largest absolute Gasteiger partial charge is 1.00 e. The molecule has 0 radical (unpaired) electrons. The molecule has 0 spiro atoms. The molecule has 43 heavy (non-hydrogen) atoms. The minimum Gasteiger partial charge on any atom is -0.573 e. The molecule has 0 fully saturated rings. The van der Waals surface area contributed by atoms with Crippen LogP contribution in [0, 0.1) is 6.92 Å². The minimum absolute atomic E-state index is 0. The first-order chi connectivity index (χ1) is 20.0. The molecule has 0 saturated carbocycles. The van der Waals surface area contributed by atoms with Crippen LogP contribution in [-0.2, 0) is 45.9 Å². The Kier molecular flexibility index (Phi) is 13.7. The van der Waals surface area contributed by atoms with Crippen molar-refractivity contribution in [3.05, 3.63) is 82.3 Å². The summed E-state index contributed by atoms with van der Waals surface area (Å²) in [7, 11) is -4.85. The average Bonchev–Trinajstić information content (AvgIpc) is 2.94. The molecule has 0 aliphatic rings. The molecule has 3 aromatic carbocycles. The van der Waals surface area contributed by atoms with Crippen molar-refractivity contribution in [3.8, 4) is 0 Å². The number of aryl methyl sites for hydroxylation is 1. The number of carboxylic acid groups (broad SMARTS) is 2. The first kappa shape index (κ1) is 35.8. The van der Waals surface area contributed by atoms with Gasteiger partial charge in [0.05, 0.1) is 29.0 Å². The third-order valence-corrected chi connectivity index (χ3v) is 6.98. The van der Waals surface area contributed by atoms with E-state index in [0.717, 1.165) is 12.1 Å². The number of carboxylic acids is 2. The van der Waals surface area contributed by atoms with Crippen molar-refractivity contribution in [2.24, 2.45) is 15.3 Å². The number of rotatable bonds is 13. The molecule has 232 valence electrons. The molecule has 3 rings (SSSR count). The molecule has 0 unspecified atom stereocenters. The van der Waals surface area contributed by atoms with Crippen LogP contribution in [0.1, 0.15) is 31.8 Å². The summed E-state index contributed by atoms with van der Waals surface area (Å²) in [5.74, 6) is -3.48. The zero-order valence-corrected chi connectivity index (χ0v) is 24.4. The number of benzene rings is 3. The first-order valence-corrected chi connectivity index (χ1v) is 13.7. The van der Waals surface area contributed by atoms with Crippen LogP contribution in [0.4, 0.5) is 11.4 Å². The van der Waals surface area contributed by atoms with Crippen molar-refractivity contribution < 1.29 is 79.1 Å². The standard InChI is InChI=1S/C22H18N4O13S3.Cu/c1-11-6-7-15(14(8-11)21(27)28)23-25-20(13-4-2-3-5-18(13)42(33,34)35)26-24-16-9-12(40-38-36-31)10-17(41-39-37-32)19(16)22(29)30;/h2-10H,1H3,(H6,23,24,27,28,29,30,31,32,33,34,35);/q;+1/p-1. The Morgan fingerprint density at radius 1 is 0.907 bits per heavy atom. The summed E-state index contributed by atoms with van der Waals surface area (Å²) in [4.78, 5) is 23.0. The van der Waals surface area contributed by atoms with E-state index in [2.05, 4.69) is 39.5 Å². The number of amidine groups is 1. The van der Waals surface area contributed by atoms with Crippen molar-refractivity contribution in [1.29, 1.82) is 0 Å². The van der Waals surface area contributed by atoms with Gasteiger partial charge in [-0.1, -0.05) is 39.9 Å². The van der Waals surface area contributed by atoms with Gasteiger partial charge in [0.25, 0.3) is 10.1 Å². The zero-order chi connectivity index (χ0) is 30.9. The fraction of sp³-hybridized carbons (Fsp3) is 0.0455. The summed E-state index contributed by atoms with van der Waals surface area (Å²) < 4.78 is 42.6. The number of nitrogens with zero attached hydrogens (tertiary/aromatic N) is 4. The van der Waals surface area contributed by atoms with E-state index in [1.54, 1.807) is 13.0 Å². The molecule has 5 N–H and O–H groups in total. The molecular formula is C22H17CuN4O13S3. The van der Waals surface area contributed by atoms with E-state index in [0.29, 0.717) is 17.6 Å². The van der Waals surface area contributed by atoms with Crippen LogP contribution < -0.4 is 0 Å². The van der Waals surface area contributed by atoms with Gasteiger partial charge in [-0.3, -0.25) is 4.55 Å². The molecule has 17 nitrogen and oxygen atoms in total. The van der Waals surface area contributed by atoms with Crippen LogP contribution in [-0.4, -0.2) is 51.5 Å². The molecule has 0 bridgehead atoms. The van der Waals surface area contributed by atoms with Crippen molar-refractivity contribution in [3.63, 3.8) is 0 Å². The van der Waals surface area contributed by atoms with Gasteiger partial charge in [0.15, 0.2) is 5.84 Å². The van der Waals surface area contributed by atoms with E-state index >= 15 is 0 Å². The molecule has 0 amide bonds. The Bertz CT molecular complexity index is 1660. The van der Waals surface area contributed by atoms with Crippen LogP contribution in [0.3, 0.4) is 0 Å². The number of carbonyl (C=O) groups is 2. The predicted molar refractivity (Wildman–Crippen MR) is 143 cm³/mol. The van der Waals surface area contributed by atoms with E-state index < -0.39 is 44.0 Å². The Morgan fingerprint density at radius 3 is 2.21 bits per heavy atom. The van der Waals surface area contributed by atoms with Gasteiger partial charge < -0.3 is 20.7 Å². The maximum atomic E-state index is 12.1. The molecular weight excluding hydrogens is 688 g/mol. The monoisotopic (exact) mass is 704 g/mol. The van der Waals surface area contributed by atoms with Crippen LogP contribution in [0.25, 0.3) is 5.43 Å². The van der Waals surface area contributed by atoms with Crippen LogP contribution >= 0.6 is 24.1 Å². The average molecular weight is 705 g/mol. The summed E-state index contributed by atoms with van der Waals surface area (Å²) >= 11 is 0.639. The maximum Gasteiger partial charge on any atom is 1.00 e. The third-order valence-electron chi connectivity index (χ3n) is 4.88. The van der Waals surface area contributed by atoms with Crippen molar-refractivity contribution >= 4 is 63.4 Å². The fourth-order valence-electron chi connectivity index (χ4n) is 3.21. The van der Waals surface area contributed by atoms with Gasteiger partial charge in [-0.05, 0) is 37.3 Å². The fourth-order valence-corrected chi connectivity index (χ4v) is 4.96. The summed E-state index contributed by atoms with van der Waals surface area (Å²) in [5.41, 5.74) is 2.79. The van der Waals surface area contributed by atoms with Gasteiger partial charge in [0.2, 0.25) is 0 Å². The Labute approximate surface area is 260 Å². The van der Waals surface area contributed by atoms with Gasteiger partial charge in [0.1, 0.15) is 16.1 Å². The van der Waals surface area contributed by atoms with Gasteiger partial charge in [-0.25, -0.2) is 20.1 Å². The smallest absolute Gasteiger partial charge is 0.573 e. The minimum atomic E-state index is -4.85. The van der Waals surface area contributed by atoms with Gasteiger partial charge in [0, 0.05) is 16.0 Å². The van der Waals surface area contributed by atoms with Crippen LogP contribution in [0.15, 0.2) is 84.6 Å². The quantitative estimate of drug-likeness (QED) is 0.0211. The number of azo groups is 1. The second kappa shape index (κ2) is 16.4. The first-order valence-electron chi connectivity index (χ1n) is 10.8. The van der Waals surface area contributed by atoms with Gasteiger partial charge >= 0.3 is 29.0 Å². The van der Waals surface area contributed by atoms with Crippen LogP contribution in [0.5, 0.6) is 0 Å². The van der Waals surface area contributed by atoms with E-state index in [9.17, 15) is 32.8 Å². The SMILES string of the molecule is Cc1ccc([N-]/N=C(\N=Nc2cc(SOOO)cc(SOOO)c2C(=O)O)c2ccccc2S(=O)(=O)O)c(C(=O)O)c1.[Cu+]. The normalized spacial score (nSPS) is 11.8. The maximum absolute atomic E-state index is 12.1. The van der Waals surface area contributed by atoms with Crippen LogP contribution in [0.2, 0.25) is 0 Å². The molecule has 0 aromatic heterocycles. The molecule has 0 atom stereocenters. The van der Waals surface area contributed by atoms with E-state index in [-0.39, 0.29) is 55.7 Å². The van der Waals surface area contributed by atoms with Gasteiger partial charge in [-0.2, -0.15) is 8.42 Å². The summed E-state index contributed by atoms with van der Waals surface area (Å²) in [6.45, 7) is 1.65. The molecule has 0 aliphatic heterocycles. The molecule has 3 aromatic rings. The number of hydrogen-bond donors (Lipinski definition) is 5. The second-order valence-electron chi connectivity index (χ2n) is 7.59. The summed E-state index contributed by atoms with van der Waals surface area (Å²) in [6.07, 6.45) is 0. The topological polar surface area (TPSA) is 258 Å². The predicted octanol–water partition coefficient (Wildman–Crippen LogP) is 5.64. The molecule has 0 saturated heterocycles. The van der Waals surface area contributed by atoms with E-state index in [1.807, 2.05) is 0 Å². The third kappa shape index (κ3) is 9.79. The van der Waals surface area contributed by atoms with Crippen molar-refractivity contribution in [2.45, 2.75) is 21.6 Å². The Hall–Kier alpha value is -3.44. The summed E-state index contributed by atoms with van der Waals surface area (Å²) in [5, 5.41) is 55.0. The van der Waals surface area contributed by atoms with Gasteiger partial charge in [-0.15, -0.1) is 24.6 Å². The number of hydrogen-bond acceptors (Lipinski definition) is 14. The zero-order valence-electron chi connectivity index (χ0n) is 21.0. The van der Waals surface area contributed by atoms with Crippen molar-refractivity contribution in [1.82, 2.24) is 0 Å². The molecule has 0 heterocycles. The Balaban J connectivity index is 0.00000645. The van der Waals surface area contributed by atoms with E-state index in [4.69, 9.17) is 10.5 Å². The second-order valence-corrected chi connectivity index (χ2v) is 10.5. The summed E-state index contributed by atoms with van der Waals surface area (Å²) in [6, 6.07) is 11.4. The molecule has 0 aliphatic carbocycles. The number of aromatic carboxylic acids is 2. The molecule has 21 heteroatoms. The van der Waals surface area contributed by atoms with E-state index in [1.165, 1.54) is 36.4 Å².